The Balaban J connectivity index is 3.13. The van der Waals surface area contributed by atoms with E-state index in [1.807, 2.05) is 20.8 Å². The van der Waals surface area contributed by atoms with Crippen molar-refractivity contribution in [3.05, 3.63) is 28.0 Å². The number of nitrogens with one attached hydrogen (secondary N) is 1. The molecule has 0 spiro atoms. The predicted octanol–water partition coefficient (Wildman–Crippen LogP) is 2.76. The zero-order valence-corrected chi connectivity index (χ0v) is 14.2. The van der Waals surface area contributed by atoms with Crippen molar-refractivity contribution < 1.29 is 12.8 Å². The van der Waals surface area contributed by atoms with Crippen LogP contribution in [0.4, 0.5) is 4.39 Å². The van der Waals surface area contributed by atoms with E-state index in [1.54, 1.807) is 0 Å². The normalized spacial score (nSPS) is 12.7. The van der Waals surface area contributed by atoms with E-state index in [2.05, 4.69) is 20.7 Å². The van der Waals surface area contributed by atoms with Crippen molar-refractivity contribution in [1.29, 1.82) is 0 Å². The van der Waals surface area contributed by atoms with Gasteiger partial charge in [0.2, 0.25) is 10.0 Å². The van der Waals surface area contributed by atoms with Crippen molar-refractivity contribution in [3.8, 4) is 0 Å². The quantitative estimate of drug-likeness (QED) is 0.812. The molecule has 0 fully saturated rings. The van der Waals surface area contributed by atoms with Crippen LogP contribution < -0.4 is 10.5 Å². The Morgan fingerprint density at radius 1 is 1.40 bits per heavy atom. The minimum absolute atomic E-state index is 0.0613. The third-order valence-corrected chi connectivity index (χ3v) is 5.14. The molecule has 0 bridgehead atoms. The van der Waals surface area contributed by atoms with E-state index in [0.29, 0.717) is 4.47 Å². The molecule has 0 radical (unpaired) electrons. The molecule has 1 aromatic rings. The summed E-state index contributed by atoms with van der Waals surface area (Å²) in [4.78, 5) is -0.376. The average Bonchev–Trinajstić information content (AvgIpc) is 2.39. The summed E-state index contributed by atoms with van der Waals surface area (Å²) in [5.41, 5.74) is 5.39. The third-order valence-electron chi connectivity index (χ3n) is 3.29. The fourth-order valence-corrected chi connectivity index (χ4v) is 3.50. The van der Waals surface area contributed by atoms with E-state index in [1.165, 1.54) is 12.1 Å². The molecule has 114 valence electrons. The Bertz CT molecular complexity index is 588. The van der Waals surface area contributed by atoms with Gasteiger partial charge in [-0.05, 0) is 24.0 Å². The molecule has 1 aromatic carbocycles. The van der Waals surface area contributed by atoms with Crippen LogP contribution in [0.15, 0.2) is 21.5 Å². The standard InChI is InChI=1S/C13H20BrFN2O2S/c1-4-13(2,3)8-17-20(18,19)11-6-10(14)5-9(7-16)12(11)15/h5-6,17H,4,7-8,16H2,1-3H3. The summed E-state index contributed by atoms with van der Waals surface area (Å²) in [6.07, 6.45) is 0.810. The van der Waals surface area contributed by atoms with Crippen LogP contribution in [0.2, 0.25) is 0 Å². The molecule has 0 aliphatic carbocycles. The Kier molecular flexibility index (Phi) is 5.71. The Morgan fingerprint density at radius 3 is 2.50 bits per heavy atom. The molecule has 3 N–H and O–H groups in total. The fraction of sp³-hybridized carbons (Fsp3) is 0.538. The zero-order chi connectivity index (χ0) is 15.6. The highest BCUT2D eigenvalue weighted by atomic mass is 79.9. The van der Waals surface area contributed by atoms with Gasteiger partial charge in [-0.3, -0.25) is 0 Å². The SMILES string of the molecule is CCC(C)(C)CNS(=O)(=O)c1cc(Br)cc(CN)c1F. The first-order valence-corrected chi connectivity index (χ1v) is 8.58. The number of sulfonamides is 1. The Labute approximate surface area is 128 Å². The van der Waals surface area contributed by atoms with Crippen molar-refractivity contribution in [2.24, 2.45) is 11.1 Å². The first-order chi connectivity index (χ1) is 9.13. The van der Waals surface area contributed by atoms with E-state index >= 15 is 0 Å². The van der Waals surface area contributed by atoms with Crippen LogP contribution in [0.1, 0.15) is 32.8 Å². The number of rotatable bonds is 6. The molecule has 4 nitrogen and oxygen atoms in total. The maximum atomic E-state index is 14.1. The molecule has 0 unspecified atom stereocenters. The number of halogens is 2. The maximum absolute atomic E-state index is 14.1. The number of hydrogen-bond donors (Lipinski definition) is 2. The summed E-state index contributed by atoms with van der Waals surface area (Å²) in [7, 11) is -3.90. The van der Waals surface area contributed by atoms with Crippen molar-refractivity contribution in [2.75, 3.05) is 6.54 Å². The summed E-state index contributed by atoms with van der Waals surface area (Å²) in [6, 6.07) is 2.72. The maximum Gasteiger partial charge on any atom is 0.243 e. The smallest absolute Gasteiger partial charge is 0.243 e. The second-order valence-corrected chi connectivity index (χ2v) is 8.07. The van der Waals surface area contributed by atoms with Crippen LogP contribution in [0.25, 0.3) is 0 Å². The first kappa shape index (κ1) is 17.6. The topological polar surface area (TPSA) is 72.2 Å². The van der Waals surface area contributed by atoms with Gasteiger partial charge >= 0.3 is 0 Å². The Morgan fingerprint density at radius 2 is 2.00 bits per heavy atom. The average molecular weight is 367 g/mol. The third kappa shape index (κ3) is 4.25. The van der Waals surface area contributed by atoms with Crippen LogP contribution in [-0.2, 0) is 16.6 Å². The van der Waals surface area contributed by atoms with Crippen LogP contribution in [0, 0.1) is 11.2 Å². The van der Waals surface area contributed by atoms with Gasteiger partial charge in [-0.15, -0.1) is 0 Å². The van der Waals surface area contributed by atoms with Crippen molar-refractivity contribution >= 4 is 26.0 Å². The fourth-order valence-electron chi connectivity index (χ4n) is 1.46. The molecular formula is C13H20BrFN2O2S. The lowest BCUT2D eigenvalue weighted by Gasteiger charge is -2.23. The van der Waals surface area contributed by atoms with E-state index < -0.39 is 15.8 Å². The molecule has 7 heteroatoms. The van der Waals surface area contributed by atoms with Gasteiger partial charge in [-0.25, -0.2) is 17.5 Å². The van der Waals surface area contributed by atoms with Gasteiger partial charge in [-0.1, -0.05) is 36.7 Å². The van der Waals surface area contributed by atoms with E-state index in [9.17, 15) is 12.8 Å². The highest BCUT2D eigenvalue weighted by Crippen LogP contribution is 2.25. The van der Waals surface area contributed by atoms with Gasteiger partial charge in [0.1, 0.15) is 10.7 Å². The summed E-state index contributed by atoms with van der Waals surface area (Å²) >= 11 is 3.17. The molecule has 0 aliphatic heterocycles. The summed E-state index contributed by atoms with van der Waals surface area (Å²) in [5.74, 6) is -0.794. The summed E-state index contributed by atoms with van der Waals surface area (Å²) in [5, 5.41) is 0. The minimum Gasteiger partial charge on any atom is -0.326 e. The zero-order valence-electron chi connectivity index (χ0n) is 11.8. The molecule has 0 aliphatic rings. The molecule has 0 saturated carbocycles. The van der Waals surface area contributed by atoms with Gasteiger partial charge in [0, 0.05) is 23.1 Å². The number of nitrogens with two attached hydrogens (primary N) is 1. The number of hydrogen-bond acceptors (Lipinski definition) is 3. The second kappa shape index (κ2) is 6.51. The minimum atomic E-state index is -3.90. The van der Waals surface area contributed by atoms with Crippen LogP contribution in [0.5, 0.6) is 0 Å². The van der Waals surface area contributed by atoms with E-state index in [-0.39, 0.29) is 29.0 Å². The lowest BCUT2D eigenvalue weighted by atomic mass is 9.91. The molecular weight excluding hydrogens is 347 g/mol. The van der Waals surface area contributed by atoms with Crippen LogP contribution in [0.3, 0.4) is 0 Å². The summed E-state index contributed by atoms with van der Waals surface area (Å²) in [6.45, 7) is 6.04. The molecule has 20 heavy (non-hydrogen) atoms. The first-order valence-electron chi connectivity index (χ1n) is 6.30. The van der Waals surface area contributed by atoms with Crippen molar-refractivity contribution in [3.63, 3.8) is 0 Å². The Hall–Kier alpha value is -0.500. The largest absolute Gasteiger partial charge is 0.326 e. The number of benzene rings is 1. The molecule has 0 heterocycles. The monoisotopic (exact) mass is 366 g/mol. The van der Waals surface area contributed by atoms with Crippen LogP contribution in [-0.4, -0.2) is 15.0 Å². The molecule has 0 saturated heterocycles. The summed E-state index contributed by atoms with van der Waals surface area (Å²) < 4.78 is 41.5. The molecule has 0 atom stereocenters. The van der Waals surface area contributed by atoms with Crippen molar-refractivity contribution in [2.45, 2.75) is 38.6 Å². The van der Waals surface area contributed by atoms with Gasteiger partial charge < -0.3 is 5.73 Å². The molecule has 0 amide bonds. The van der Waals surface area contributed by atoms with Gasteiger partial charge in [-0.2, -0.15) is 0 Å². The highest BCUT2D eigenvalue weighted by Gasteiger charge is 2.25. The predicted molar refractivity (Wildman–Crippen MR) is 81.3 cm³/mol. The molecule has 1 rings (SSSR count). The lowest BCUT2D eigenvalue weighted by Crippen LogP contribution is -2.34. The van der Waals surface area contributed by atoms with Gasteiger partial charge in [0.05, 0.1) is 0 Å². The second-order valence-electron chi connectivity index (χ2n) is 5.42. The van der Waals surface area contributed by atoms with Gasteiger partial charge in [0.15, 0.2) is 0 Å². The van der Waals surface area contributed by atoms with Crippen molar-refractivity contribution in [1.82, 2.24) is 4.72 Å². The van der Waals surface area contributed by atoms with Crippen LogP contribution >= 0.6 is 15.9 Å². The van der Waals surface area contributed by atoms with E-state index in [4.69, 9.17) is 5.73 Å². The van der Waals surface area contributed by atoms with E-state index in [0.717, 1.165) is 6.42 Å². The van der Waals surface area contributed by atoms with Gasteiger partial charge in [0.25, 0.3) is 0 Å². The molecule has 0 aromatic heterocycles. The highest BCUT2D eigenvalue weighted by molar-refractivity contribution is 9.10. The lowest BCUT2D eigenvalue weighted by molar-refractivity contribution is 0.350.